The lowest BCUT2D eigenvalue weighted by Crippen LogP contribution is -2.24. The smallest absolute Gasteiger partial charge is 0.252 e. The number of halogens is 1. The fraction of sp³-hybridized carbons (Fsp3) is 0.174. The van der Waals surface area contributed by atoms with Gasteiger partial charge in [0.25, 0.3) is 5.78 Å². The van der Waals surface area contributed by atoms with Crippen LogP contribution in [0.25, 0.3) is 28.3 Å². The molecule has 1 N–H and O–H groups in total. The van der Waals surface area contributed by atoms with Gasteiger partial charge in [-0.25, -0.2) is 13.9 Å². The van der Waals surface area contributed by atoms with Gasteiger partial charge in [0.05, 0.1) is 12.4 Å². The van der Waals surface area contributed by atoms with Crippen molar-refractivity contribution in [2.24, 2.45) is 0 Å². The van der Waals surface area contributed by atoms with Gasteiger partial charge in [-0.1, -0.05) is 49.0 Å². The fourth-order valence-electron chi connectivity index (χ4n) is 3.63. The van der Waals surface area contributed by atoms with Crippen molar-refractivity contribution in [3.8, 4) is 22.5 Å². The molecule has 6 nitrogen and oxygen atoms in total. The minimum atomic E-state index is -0.787. The van der Waals surface area contributed by atoms with Crippen LogP contribution in [0.5, 0.6) is 0 Å². The molecule has 1 aliphatic rings. The number of hydrogen-bond acceptors (Lipinski definition) is 5. The number of hydrogen-bond donors (Lipinski definition) is 1. The zero-order valence-corrected chi connectivity index (χ0v) is 16.4. The number of alkyl halides is 1. The van der Waals surface area contributed by atoms with E-state index in [9.17, 15) is 4.39 Å². The van der Waals surface area contributed by atoms with Crippen molar-refractivity contribution >= 4 is 11.5 Å². The predicted octanol–water partition coefficient (Wildman–Crippen LogP) is 4.39. The molecule has 0 spiro atoms. The van der Waals surface area contributed by atoms with Crippen LogP contribution in [-0.2, 0) is 0 Å². The third-order valence-electron chi connectivity index (χ3n) is 5.22. The zero-order chi connectivity index (χ0) is 20.5. The lowest BCUT2D eigenvalue weighted by Gasteiger charge is -2.21. The van der Waals surface area contributed by atoms with E-state index in [0.717, 1.165) is 22.4 Å². The van der Waals surface area contributed by atoms with Gasteiger partial charge < -0.3 is 10.2 Å². The van der Waals surface area contributed by atoms with E-state index in [4.69, 9.17) is 0 Å². The Morgan fingerprint density at radius 2 is 1.90 bits per heavy atom. The van der Waals surface area contributed by atoms with Crippen LogP contribution < -0.4 is 5.32 Å². The normalized spacial score (nSPS) is 16.2. The molecule has 1 saturated heterocycles. The number of anilines is 1. The summed E-state index contributed by atoms with van der Waals surface area (Å²) in [7, 11) is 0. The second kappa shape index (κ2) is 7.59. The molecular formula is C23H21FN6. The van der Waals surface area contributed by atoms with Crippen molar-refractivity contribution in [2.45, 2.75) is 12.6 Å². The molecule has 30 heavy (non-hydrogen) atoms. The highest BCUT2D eigenvalue weighted by Crippen LogP contribution is 2.24. The van der Waals surface area contributed by atoms with E-state index in [0.29, 0.717) is 36.9 Å². The average molecular weight is 400 g/mol. The monoisotopic (exact) mass is 400 g/mol. The Morgan fingerprint density at radius 1 is 1.07 bits per heavy atom. The Hall–Kier alpha value is -3.74. The topological polar surface area (TPSA) is 58.4 Å². The summed E-state index contributed by atoms with van der Waals surface area (Å²) < 4.78 is 15.2. The van der Waals surface area contributed by atoms with Gasteiger partial charge in [-0.2, -0.15) is 4.98 Å². The van der Waals surface area contributed by atoms with Gasteiger partial charge in [0, 0.05) is 35.8 Å². The molecule has 2 aromatic heterocycles. The summed E-state index contributed by atoms with van der Waals surface area (Å²) in [5.41, 5.74) is 3.77. The summed E-state index contributed by atoms with van der Waals surface area (Å²) in [5, 5.41) is 7.88. The molecule has 1 fully saturated rings. The average Bonchev–Trinajstić information content (AvgIpc) is 3.40. The fourth-order valence-corrected chi connectivity index (χ4v) is 3.63. The number of fused-ring (bicyclic) bond motifs is 1. The second-order valence-corrected chi connectivity index (χ2v) is 7.37. The summed E-state index contributed by atoms with van der Waals surface area (Å²) in [6.45, 7) is 5.11. The van der Waals surface area contributed by atoms with E-state index in [1.807, 2.05) is 65.7 Å². The lowest BCUT2D eigenvalue weighted by molar-refractivity contribution is 0.326. The number of nitrogens with zero attached hydrogens (tertiary/aromatic N) is 5. The highest BCUT2D eigenvalue weighted by molar-refractivity contribution is 5.66. The second-order valence-electron chi connectivity index (χ2n) is 7.37. The molecule has 0 aliphatic carbocycles. The minimum Gasteiger partial charge on any atom is -0.356 e. The summed E-state index contributed by atoms with van der Waals surface area (Å²) in [6.07, 6.45) is 3.49. The highest BCUT2D eigenvalue weighted by atomic mass is 19.1. The quantitative estimate of drug-likeness (QED) is 0.539. The van der Waals surface area contributed by atoms with E-state index in [1.54, 1.807) is 10.7 Å². The maximum absolute atomic E-state index is 13.5. The van der Waals surface area contributed by atoms with Crippen LogP contribution in [-0.4, -0.2) is 43.7 Å². The number of nitrogens with one attached hydrogen (secondary N) is 1. The van der Waals surface area contributed by atoms with E-state index in [2.05, 4.69) is 27.0 Å². The number of likely N-dealkylation sites (tertiary alicyclic amines) is 1. The summed E-state index contributed by atoms with van der Waals surface area (Å²) in [6, 6.07) is 17.8. The van der Waals surface area contributed by atoms with Crippen molar-refractivity contribution in [3.05, 3.63) is 79.4 Å². The Bertz CT molecular complexity index is 1200. The van der Waals surface area contributed by atoms with Gasteiger partial charge in [0.2, 0.25) is 0 Å². The minimum absolute atomic E-state index is 0.384. The summed E-state index contributed by atoms with van der Waals surface area (Å²) in [4.78, 5) is 10.9. The Kier molecular flexibility index (Phi) is 4.63. The van der Waals surface area contributed by atoms with Gasteiger partial charge in [-0.3, -0.25) is 0 Å². The SMILES string of the molecule is C=C(Nc1cccc(-c2nc3ncc(-c4ccccc4)cn3n2)c1)N1CC[C@H](F)C1. The van der Waals surface area contributed by atoms with Crippen molar-refractivity contribution in [1.29, 1.82) is 0 Å². The van der Waals surface area contributed by atoms with Crippen molar-refractivity contribution < 1.29 is 4.39 Å². The molecule has 0 bridgehead atoms. The molecule has 5 rings (SSSR count). The largest absolute Gasteiger partial charge is 0.356 e. The molecule has 0 amide bonds. The molecule has 0 saturated carbocycles. The third kappa shape index (κ3) is 3.61. The maximum Gasteiger partial charge on any atom is 0.252 e. The molecule has 0 radical (unpaired) electrons. The molecule has 1 atom stereocenters. The molecule has 0 unspecified atom stereocenters. The Labute approximate surface area is 173 Å². The lowest BCUT2D eigenvalue weighted by atomic mass is 10.1. The van der Waals surface area contributed by atoms with Crippen LogP contribution in [0.4, 0.5) is 10.1 Å². The van der Waals surface area contributed by atoms with E-state index < -0.39 is 6.17 Å². The van der Waals surface area contributed by atoms with Crippen molar-refractivity contribution in [1.82, 2.24) is 24.5 Å². The van der Waals surface area contributed by atoms with Crippen molar-refractivity contribution in [3.63, 3.8) is 0 Å². The highest BCUT2D eigenvalue weighted by Gasteiger charge is 2.22. The molecule has 7 heteroatoms. The van der Waals surface area contributed by atoms with Gasteiger partial charge >= 0.3 is 0 Å². The Balaban J connectivity index is 1.40. The molecule has 150 valence electrons. The first-order chi connectivity index (χ1) is 14.7. The first-order valence-corrected chi connectivity index (χ1v) is 9.89. The van der Waals surface area contributed by atoms with E-state index in [1.165, 1.54) is 0 Å². The molecule has 3 heterocycles. The standard InChI is InChI=1S/C23H21FN6/c1-16(29-11-10-20(24)15-29)26-21-9-5-8-18(12-21)22-27-23-25-13-19(14-30(23)28-22)17-6-3-2-4-7-17/h2-9,12-14,20,26H,1,10-11,15H2/t20-/m0/s1. The van der Waals surface area contributed by atoms with Gasteiger partial charge in [-0.05, 0) is 24.1 Å². The van der Waals surface area contributed by atoms with Gasteiger partial charge in [0.1, 0.15) is 6.17 Å². The van der Waals surface area contributed by atoms with Crippen LogP contribution >= 0.6 is 0 Å². The number of aromatic nitrogens is 4. The first kappa shape index (κ1) is 18.3. The number of rotatable bonds is 5. The first-order valence-electron chi connectivity index (χ1n) is 9.89. The Morgan fingerprint density at radius 3 is 2.70 bits per heavy atom. The zero-order valence-electron chi connectivity index (χ0n) is 16.4. The summed E-state index contributed by atoms with van der Waals surface area (Å²) in [5.74, 6) is 1.83. The van der Waals surface area contributed by atoms with Gasteiger partial charge in [0.15, 0.2) is 5.82 Å². The van der Waals surface area contributed by atoms with Crippen LogP contribution in [0.15, 0.2) is 79.4 Å². The van der Waals surface area contributed by atoms with Crippen molar-refractivity contribution in [2.75, 3.05) is 18.4 Å². The molecule has 2 aromatic carbocycles. The molecular weight excluding hydrogens is 379 g/mol. The predicted molar refractivity (Wildman–Crippen MR) is 116 cm³/mol. The van der Waals surface area contributed by atoms with E-state index in [-0.39, 0.29) is 0 Å². The van der Waals surface area contributed by atoms with Crippen LogP contribution in [0.1, 0.15) is 6.42 Å². The van der Waals surface area contributed by atoms with Gasteiger partial charge in [-0.15, -0.1) is 5.10 Å². The summed E-state index contributed by atoms with van der Waals surface area (Å²) >= 11 is 0. The third-order valence-corrected chi connectivity index (χ3v) is 5.22. The molecule has 4 aromatic rings. The van der Waals surface area contributed by atoms with Crippen LogP contribution in [0.3, 0.4) is 0 Å². The van der Waals surface area contributed by atoms with Crippen LogP contribution in [0.2, 0.25) is 0 Å². The number of benzene rings is 2. The van der Waals surface area contributed by atoms with Crippen LogP contribution in [0, 0.1) is 0 Å². The molecule has 1 aliphatic heterocycles. The maximum atomic E-state index is 13.5. The van der Waals surface area contributed by atoms with E-state index >= 15 is 0 Å².